The van der Waals surface area contributed by atoms with E-state index >= 15 is 4.39 Å². The highest BCUT2D eigenvalue weighted by molar-refractivity contribution is 5.93. The number of benzene rings is 3. The van der Waals surface area contributed by atoms with Gasteiger partial charge in [0.25, 0.3) is 0 Å². The Hall–Kier alpha value is -4.63. The number of para-hydroxylation sites is 1. The number of hydrogen-bond donors (Lipinski definition) is 1. The number of alkyl carbamates (subject to hydrolysis) is 1. The minimum Gasteiger partial charge on any atom is -0.488 e. The number of carbonyl (C=O) groups excluding carboxylic acids is 2. The van der Waals surface area contributed by atoms with Crippen LogP contribution in [0, 0.1) is 5.82 Å². The van der Waals surface area contributed by atoms with E-state index < -0.39 is 11.7 Å². The number of halogens is 1. The van der Waals surface area contributed by atoms with Gasteiger partial charge in [0.15, 0.2) is 0 Å². The molecule has 8 nitrogen and oxygen atoms in total. The first kappa shape index (κ1) is 33.7. The van der Waals surface area contributed by atoms with Gasteiger partial charge in [0, 0.05) is 34.2 Å². The predicted octanol–water partition coefficient (Wildman–Crippen LogP) is 8.18. The van der Waals surface area contributed by atoms with Gasteiger partial charge >= 0.3 is 12.1 Å². The molecule has 248 valence electrons. The first-order chi connectivity index (χ1) is 22.6. The van der Waals surface area contributed by atoms with E-state index in [0.717, 1.165) is 34.9 Å². The molecule has 1 N–H and O–H groups in total. The van der Waals surface area contributed by atoms with Gasteiger partial charge in [-0.1, -0.05) is 48.0 Å². The predicted molar refractivity (Wildman–Crippen MR) is 179 cm³/mol. The van der Waals surface area contributed by atoms with Crippen molar-refractivity contribution in [3.05, 3.63) is 94.5 Å². The molecule has 1 aliphatic rings. The van der Waals surface area contributed by atoms with Crippen LogP contribution in [0.15, 0.2) is 70.9 Å². The fourth-order valence-electron chi connectivity index (χ4n) is 5.51. The number of amides is 1. The van der Waals surface area contributed by atoms with Crippen LogP contribution in [0.1, 0.15) is 62.8 Å². The molecule has 2 heterocycles. The fourth-order valence-corrected chi connectivity index (χ4v) is 5.51. The van der Waals surface area contributed by atoms with Crippen molar-refractivity contribution in [1.82, 2.24) is 5.32 Å². The topological polar surface area (TPSA) is 96.2 Å². The SMILES string of the molecule is CCOC(=O)Cc1ccccc1OCc1coc2c(C=C3CCOCC3)cc(-c3cccc(CCNC(=O)OC(C)(C)C)c3F)cc12. The van der Waals surface area contributed by atoms with Crippen LogP contribution in [0.3, 0.4) is 0 Å². The van der Waals surface area contributed by atoms with Gasteiger partial charge in [0.05, 0.1) is 32.5 Å². The van der Waals surface area contributed by atoms with E-state index in [1.54, 1.807) is 46.1 Å². The second-order valence-electron chi connectivity index (χ2n) is 12.5. The van der Waals surface area contributed by atoms with Gasteiger partial charge in [-0.3, -0.25) is 4.79 Å². The molecule has 0 atom stereocenters. The molecule has 1 saturated heterocycles. The van der Waals surface area contributed by atoms with E-state index in [-0.39, 0.29) is 31.4 Å². The molecule has 3 aromatic carbocycles. The normalized spacial score (nSPS) is 13.3. The Kier molecular flexibility index (Phi) is 11.0. The number of nitrogens with one attached hydrogen (secondary N) is 1. The zero-order valence-corrected chi connectivity index (χ0v) is 27.5. The Morgan fingerprint density at radius 2 is 1.77 bits per heavy atom. The Labute approximate surface area is 274 Å². The molecule has 1 fully saturated rings. The van der Waals surface area contributed by atoms with Gasteiger partial charge in [-0.2, -0.15) is 0 Å². The molecule has 4 aromatic rings. The Morgan fingerprint density at radius 1 is 1.00 bits per heavy atom. The zero-order chi connectivity index (χ0) is 33.4. The van der Waals surface area contributed by atoms with E-state index in [1.807, 2.05) is 42.5 Å². The quantitative estimate of drug-likeness (QED) is 0.165. The highest BCUT2D eigenvalue weighted by Gasteiger charge is 2.19. The minimum atomic E-state index is -0.617. The van der Waals surface area contributed by atoms with Gasteiger partial charge in [-0.05, 0) is 76.3 Å². The molecule has 47 heavy (non-hydrogen) atoms. The van der Waals surface area contributed by atoms with Gasteiger partial charge < -0.3 is 28.7 Å². The summed E-state index contributed by atoms with van der Waals surface area (Å²) in [7, 11) is 0. The second kappa shape index (κ2) is 15.3. The molecule has 1 aliphatic heterocycles. The summed E-state index contributed by atoms with van der Waals surface area (Å²) >= 11 is 0. The maximum atomic E-state index is 16.1. The van der Waals surface area contributed by atoms with Crippen LogP contribution in [0.5, 0.6) is 5.75 Å². The summed E-state index contributed by atoms with van der Waals surface area (Å²) in [6.45, 7) is 9.19. The molecule has 0 aliphatic carbocycles. The summed E-state index contributed by atoms with van der Waals surface area (Å²) in [4.78, 5) is 24.3. The third-order valence-electron chi connectivity index (χ3n) is 7.73. The Morgan fingerprint density at radius 3 is 2.53 bits per heavy atom. The van der Waals surface area contributed by atoms with Crippen LogP contribution in [0.2, 0.25) is 0 Å². The molecule has 1 aromatic heterocycles. The number of furan rings is 1. The Bertz CT molecular complexity index is 1740. The molecule has 0 radical (unpaired) electrons. The van der Waals surface area contributed by atoms with Gasteiger partial charge in [-0.25, -0.2) is 9.18 Å². The number of rotatable bonds is 11. The van der Waals surface area contributed by atoms with Gasteiger partial charge in [0.2, 0.25) is 0 Å². The lowest BCUT2D eigenvalue weighted by Crippen LogP contribution is -2.33. The van der Waals surface area contributed by atoms with Crippen LogP contribution in [-0.2, 0) is 38.5 Å². The lowest BCUT2D eigenvalue weighted by Gasteiger charge is -2.19. The van der Waals surface area contributed by atoms with Crippen molar-refractivity contribution in [3.8, 4) is 16.9 Å². The van der Waals surface area contributed by atoms with E-state index in [2.05, 4.69) is 11.4 Å². The van der Waals surface area contributed by atoms with Gasteiger partial charge in [0.1, 0.15) is 29.4 Å². The molecule has 0 bridgehead atoms. The number of carbonyl (C=O) groups is 2. The van der Waals surface area contributed by atoms with Crippen molar-refractivity contribution < 1.29 is 37.3 Å². The highest BCUT2D eigenvalue weighted by Crippen LogP contribution is 2.35. The number of hydrogen-bond acceptors (Lipinski definition) is 7. The van der Waals surface area contributed by atoms with Crippen LogP contribution >= 0.6 is 0 Å². The molecule has 5 rings (SSSR count). The number of fused-ring (bicyclic) bond motifs is 1. The molecule has 0 spiro atoms. The average molecular weight is 644 g/mol. The first-order valence-electron chi connectivity index (χ1n) is 16.0. The largest absolute Gasteiger partial charge is 0.488 e. The maximum Gasteiger partial charge on any atom is 0.407 e. The molecule has 1 amide bonds. The third kappa shape index (κ3) is 9.01. The summed E-state index contributed by atoms with van der Waals surface area (Å²) < 4.78 is 44.4. The summed E-state index contributed by atoms with van der Waals surface area (Å²) in [5.74, 6) is -0.0938. The zero-order valence-electron chi connectivity index (χ0n) is 27.5. The summed E-state index contributed by atoms with van der Waals surface area (Å²) in [5.41, 5.74) is 5.29. The minimum absolute atomic E-state index is 0.102. The van der Waals surface area contributed by atoms with Crippen molar-refractivity contribution in [2.24, 2.45) is 0 Å². The highest BCUT2D eigenvalue weighted by atomic mass is 19.1. The number of esters is 1. The summed E-state index contributed by atoms with van der Waals surface area (Å²) in [6, 6.07) is 16.6. The van der Waals surface area contributed by atoms with E-state index in [0.29, 0.717) is 54.3 Å². The van der Waals surface area contributed by atoms with Crippen LogP contribution in [0.25, 0.3) is 28.2 Å². The third-order valence-corrected chi connectivity index (χ3v) is 7.73. The molecule has 0 unspecified atom stereocenters. The average Bonchev–Trinajstić information content (AvgIpc) is 3.44. The molecule has 9 heteroatoms. The maximum absolute atomic E-state index is 16.1. The summed E-state index contributed by atoms with van der Waals surface area (Å²) in [6.07, 6.45) is 5.28. The van der Waals surface area contributed by atoms with E-state index in [1.165, 1.54) is 5.57 Å². The lowest BCUT2D eigenvalue weighted by molar-refractivity contribution is -0.142. The smallest absolute Gasteiger partial charge is 0.407 e. The first-order valence-corrected chi connectivity index (χ1v) is 16.0. The van der Waals surface area contributed by atoms with Crippen molar-refractivity contribution >= 4 is 29.1 Å². The van der Waals surface area contributed by atoms with E-state index in [9.17, 15) is 9.59 Å². The fraction of sp³-hybridized carbons (Fsp3) is 0.368. The standard InChI is InChI=1S/C38H42FNO7/c1-5-44-34(41)22-27-9-6-7-12-33(27)45-23-30-24-46-36-29(19-25-14-17-43-18-15-25)20-28(21-32(30)36)31-11-8-10-26(35(31)39)13-16-40-37(42)47-38(2,3)4/h6-12,19-21,24H,5,13-18,22-23H2,1-4H3,(H,40,42). The van der Waals surface area contributed by atoms with Crippen molar-refractivity contribution in [2.45, 2.75) is 65.6 Å². The van der Waals surface area contributed by atoms with Gasteiger partial charge in [-0.15, -0.1) is 0 Å². The van der Waals surface area contributed by atoms with E-state index in [4.69, 9.17) is 23.4 Å². The second-order valence-corrected chi connectivity index (χ2v) is 12.5. The van der Waals surface area contributed by atoms with Crippen LogP contribution in [-0.4, -0.2) is 44.0 Å². The lowest BCUT2D eigenvalue weighted by atomic mass is 9.95. The number of ether oxygens (including phenoxy) is 4. The monoisotopic (exact) mass is 643 g/mol. The van der Waals surface area contributed by atoms with Crippen molar-refractivity contribution in [3.63, 3.8) is 0 Å². The summed E-state index contributed by atoms with van der Waals surface area (Å²) in [5, 5.41) is 3.51. The molecular formula is C38H42FNO7. The van der Waals surface area contributed by atoms with Crippen LogP contribution in [0.4, 0.5) is 9.18 Å². The molecule has 0 saturated carbocycles. The van der Waals surface area contributed by atoms with Crippen molar-refractivity contribution in [1.29, 1.82) is 0 Å². The molecular weight excluding hydrogens is 601 g/mol. The van der Waals surface area contributed by atoms with Crippen molar-refractivity contribution in [2.75, 3.05) is 26.4 Å². The Balaban J connectivity index is 1.45. The van der Waals surface area contributed by atoms with Crippen LogP contribution < -0.4 is 10.1 Å².